The first-order valence-electron chi connectivity index (χ1n) is 13.1. The van der Waals surface area contributed by atoms with Gasteiger partial charge in [0.1, 0.15) is 0 Å². The van der Waals surface area contributed by atoms with Crippen LogP contribution in [0.15, 0.2) is 73.3 Å². The van der Waals surface area contributed by atoms with E-state index >= 15 is 0 Å². The first kappa shape index (κ1) is 25.5. The summed E-state index contributed by atoms with van der Waals surface area (Å²) in [5, 5.41) is 13.8. The minimum atomic E-state index is -0.734. The summed E-state index contributed by atoms with van der Waals surface area (Å²) in [7, 11) is 0. The first-order valence-corrected chi connectivity index (χ1v) is 13.1. The second-order valence-electron chi connectivity index (χ2n) is 10.7. The van der Waals surface area contributed by atoms with Crippen molar-refractivity contribution in [2.75, 3.05) is 0 Å². The molecule has 194 valence electrons. The van der Waals surface area contributed by atoms with E-state index in [4.69, 9.17) is 0 Å². The SMILES string of the molecule is C=C(C)c1cccc(C(C)NC(=O)c2ccc3c(c2)c(C)c(C)n3Cc2ccc(C3(C(=O)O)CC3)cc2)c1. The molecular weight excluding hydrogens is 472 g/mol. The molecule has 1 unspecified atom stereocenters. The lowest BCUT2D eigenvalue weighted by Crippen LogP contribution is -2.26. The van der Waals surface area contributed by atoms with Gasteiger partial charge >= 0.3 is 5.97 Å². The number of aromatic nitrogens is 1. The lowest BCUT2D eigenvalue weighted by atomic mass is 9.95. The summed E-state index contributed by atoms with van der Waals surface area (Å²) in [5.74, 6) is -0.837. The molecule has 0 bridgehead atoms. The van der Waals surface area contributed by atoms with Crippen molar-refractivity contribution in [3.8, 4) is 0 Å². The molecule has 1 fully saturated rings. The Morgan fingerprint density at radius 1 is 1.03 bits per heavy atom. The third kappa shape index (κ3) is 4.53. The number of carboxylic acids is 1. The van der Waals surface area contributed by atoms with Gasteiger partial charge in [0.25, 0.3) is 5.91 Å². The molecule has 5 rings (SSSR count). The molecule has 0 saturated heterocycles. The largest absolute Gasteiger partial charge is 0.481 e. The van der Waals surface area contributed by atoms with Crippen LogP contribution in [-0.4, -0.2) is 21.6 Å². The minimum Gasteiger partial charge on any atom is -0.481 e. The number of allylic oxidation sites excluding steroid dienone is 1. The van der Waals surface area contributed by atoms with Gasteiger partial charge in [-0.05, 0) is 92.6 Å². The van der Waals surface area contributed by atoms with Crippen molar-refractivity contribution in [2.24, 2.45) is 0 Å². The number of nitrogens with one attached hydrogen (secondary N) is 1. The maximum absolute atomic E-state index is 13.2. The Kier molecular flexibility index (Phi) is 6.47. The van der Waals surface area contributed by atoms with Gasteiger partial charge in [0.2, 0.25) is 0 Å². The van der Waals surface area contributed by atoms with E-state index in [0.29, 0.717) is 24.9 Å². The Balaban J connectivity index is 1.36. The number of hydrogen-bond donors (Lipinski definition) is 2. The lowest BCUT2D eigenvalue weighted by Gasteiger charge is -2.16. The maximum atomic E-state index is 13.2. The van der Waals surface area contributed by atoms with Crippen LogP contribution in [0, 0.1) is 13.8 Å². The molecule has 4 aromatic rings. The highest BCUT2D eigenvalue weighted by atomic mass is 16.4. The molecule has 1 heterocycles. The number of carbonyl (C=O) groups excluding carboxylic acids is 1. The predicted molar refractivity (Wildman–Crippen MR) is 153 cm³/mol. The number of amides is 1. The summed E-state index contributed by atoms with van der Waals surface area (Å²) in [6.07, 6.45) is 1.41. The van der Waals surface area contributed by atoms with E-state index in [1.165, 1.54) is 0 Å². The highest BCUT2D eigenvalue weighted by Gasteiger charge is 2.51. The van der Waals surface area contributed by atoms with Gasteiger partial charge in [-0.2, -0.15) is 0 Å². The Morgan fingerprint density at radius 3 is 2.37 bits per heavy atom. The monoisotopic (exact) mass is 506 g/mol. The molecule has 1 amide bonds. The Hall–Kier alpha value is -4.12. The van der Waals surface area contributed by atoms with Crippen molar-refractivity contribution < 1.29 is 14.7 Å². The lowest BCUT2D eigenvalue weighted by molar-refractivity contribution is -0.140. The number of fused-ring (bicyclic) bond motifs is 1. The van der Waals surface area contributed by atoms with Crippen LogP contribution in [0.2, 0.25) is 0 Å². The van der Waals surface area contributed by atoms with E-state index in [2.05, 4.69) is 36.4 Å². The van der Waals surface area contributed by atoms with E-state index in [1.54, 1.807) is 0 Å². The quantitative estimate of drug-likeness (QED) is 0.272. The van der Waals surface area contributed by atoms with Crippen molar-refractivity contribution in [3.05, 3.63) is 112 Å². The highest BCUT2D eigenvalue weighted by molar-refractivity contribution is 5.99. The molecular formula is C33H34N2O3. The third-order valence-corrected chi connectivity index (χ3v) is 8.13. The molecule has 5 nitrogen and oxygen atoms in total. The van der Waals surface area contributed by atoms with Crippen molar-refractivity contribution >= 4 is 28.4 Å². The van der Waals surface area contributed by atoms with Crippen LogP contribution < -0.4 is 5.32 Å². The van der Waals surface area contributed by atoms with E-state index in [-0.39, 0.29) is 11.9 Å². The summed E-state index contributed by atoms with van der Waals surface area (Å²) in [4.78, 5) is 24.8. The summed E-state index contributed by atoms with van der Waals surface area (Å²) in [6, 6.07) is 21.8. The summed E-state index contributed by atoms with van der Waals surface area (Å²) >= 11 is 0. The fourth-order valence-corrected chi connectivity index (χ4v) is 5.29. The molecule has 1 aliphatic carbocycles. The standard InChI is InChI=1S/C33H34N2O3/c1-20(2)25-7-6-8-26(17-25)22(4)34-31(36)27-11-14-30-29(18-27)21(3)23(5)35(30)19-24-9-12-28(13-10-24)33(15-16-33)32(37)38/h6-14,17-18,22H,1,15-16,19H2,2-5H3,(H,34,36)(H,37,38). The zero-order valence-electron chi connectivity index (χ0n) is 22.5. The predicted octanol–water partition coefficient (Wildman–Crippen LogP) is 6.95. The molecule has 0 spiro atoms. The summed E-state index contributed by atoms with van der Waals surface area (Å²) < 4.78 is 2.26. The van der Waals surface area contributed by atoms with Crippen LogP contribution in [0.3, 0.4) is 0 Å². The molecule has 0 radical (unpaired) electrons. The third-order valence-electron chi connectivity index (χ3n) is 8.13. The Labute approximate surface area is 223 Å². The van der Waals surface area contributed by atoms with Gasteiger partial charge in [-0.3, -0.25) is 9.59 Å². The Bertz CT molecular complexity index is 1570. The Morgan fingerprint density at radius 2 is 1.74 bits per heavy atom. The van der Waals surface area contributed by atoms with Crippen LogP contribution >= 0.6 is 0 Å². The fraction of sp³-hybridized carbons (Fsp3) is 0.273. The maximum Gasteiger partial charge on any atom is 0.314 e. The van der Waals surface area contributed by atoms with Crippen LogP contribution in [0.25, 0.3) is 16.5 Å². The average molecular weight is 507 g/mol. The number of nitrogens with zero attached hydrogens (tertiary/aromatic N) is 1. The minimum absolute atomic E-state index is 0.104. The van der Waals surface area contributed by atoms with E-state index < -0.39 is 11.4 Å². The van der Waals surface area contributed by atoms with Crippen LogP contribution in [-0.2, 0) is 16.8 Å². The average Bonchev–Trinajstić information content (AvgIpc) is 3.70. The molecule has 0 aliphatic heterocycles. The molecule has 1 aromatic heterocycles. The molecule has 5 heteroatoms. The van der Waals surface area contributed by atoms with Crippen molar-refractivity contribution in [1.29, 1.82) is 0 Å². The normalized spacial score (nSPS) is 14.7. The van der Waals surface area contributed by atoms with Gasteiger partial charge in [0.15, 0.2) is 0 Å². The molecule has 2 N–H and O–H groups in total. The van der Waals surface area contributed by atoms with Crippen molar-refractivity contribution in [2.45, 2.75) is 58.5 Å². The number of benzene rings is 3. The van der Waals surface area contributed by atoms with Gasteiger partial charge in [0.05, 0.1) is 11.5 Å². The molecule has 1 aliphatic rings. The number of rotatable bonds is 8. The topological polar surface area (TPSA) is 71.3 Å². The fourth-order valence-electron chi connectivity index (χ4n) is 5.29. The molecule has 1 atom stereocenters. The van der Waals surface area contributed by atoms with Crippen LogP contribution in [0.4, 0.5) is 0 Å². The van der Waals surface area contributed by atoms with E-state index in [1.807, 2.05) is 74.5 Å². The summed E-state index contributed by atoms with van der Waals surface area (Å²) in [5.41, 5.74) is 8.42. The van der Waals surface area contributed by atoms with Crippen LogP contribution in [0.5, 0.6) is 0 Å². The van der Waals surface area contributed by atoms with Crippen LogP contribution in [0.1, 0.15) is 76.6 Å². The summed E-state index contributed by atoms with van der Waals surface area (Å²) in [6.45, 7) is 12.9. The number of carbonyl (C=O) groups is 2. The number of aliphatic carboxylic acids is 1. The molecule has 38 heavy (non-hydrogen) atoms. The molecule has 3 aromatic carbocycles. The van der Waals surface area contributed by atoms with Gasteiger partial charge in [-0.1, -0.05) is 54.6 Å². The number of aryl methyl sites for hydroxylation is 1. The van der Waals surface area contributed by atoms with Crippen molar-refractivity contribution in [3.63, 3.8) is 0 Å². The molecule has 1 saturated carbocycles. The zero-order chi connectivity index (χ0) is 27.2. The zero-order valence-corrected chi connectivity index (χ0v) is 22.5. The smallest absolute Gasteiger partial charge is 0.314 e. The number of carboxylic acid groups (broad SMARTS) is 1. The van der Waals surface area contributed by atoms with Gasteiger partial charge in [-0.15, -0.1) is 0 Å². The van der Waals surface area contributed by atoms with Crippen molar-refractivity contribution in [1.82, 2.24) is 9.88 Å². The first-order chi connectivity index (χ1) is 18.1. The van der Waals surface area contributed by atoms with E-state index in [9.17, 15) is 14.7 Å². The second kappa shape index (κ2) is 9.64. The number of hydrogen-bond acceptors (Lipinski definition) is 2. The highest BCUT2D eigenvalue weighted by Crippen LogP contribution is 2.48. The van der Waals surface area contributed by atoms with Gasteiger partial charge < -0.3 is 15.0 Å². The van der Waals surface area contributed by atoms with Gasteiger partial charge in [-0.25, -0.2) is 0 Å². The second-order valence-corrected chi connectivity index (χ2v) is 10.7. The van der Waals surface area contributed by atoms with Gasteiger partial charge in [0, 0.05) is 28.7 Å². The van der Waals surface area contributed by atoms with E-state index in [0.717, 1.165) is 50.0 Å².